The number of pyridine rings is 1. The zero-order valence-electron chi connectivity index (χ0n) is 21.0. The second-order valence-electron chi connectivity index (χ2n) is 11.2. The van der Waals surface area contributed by atoms with Crippen molar-refractivity contribution in [1.82, 2.24) is 9.38 Å². The van der Waals surface area contributed by atoms with Gasteiger partial charge in [-0.15, -0.1) is 0 Å². The second kappa shape index (κ2) is 6.69. The summed E-state index contributed by atoms with van der Waals surface area (Å²) in [4.78, 5) is 4.93. The average Bonchev–Trinajstić information content (AvgIpc) is 3.08. The number of rotatable bonds is 2. The number of hydrogen-bond donors (Lipinski definition) is 0. The van der Waals surface area contributed by atoms with Crippen LogP contribution in [0.5, 0.6) is 0 Å². The van der Waals surface area contributed by atoms with Crippen molar-refractivity contribution in [3.8, 4) is 0 Å². The molecule has 4 heteroatoms. The molecule has 166 valence electrons. The van der Waals surface area contributed by atoms with E-state index in [9.17, 15) is 0 Å². The maximum atomic E-state index is 4.93. The third-order valence-electron chi connectivity index (χ3n) is 7.66. The molecule has 3 aromatic heterocycles. The minimum absolute atomic E-state index is 0.507. The molecule has 3 aromatic carbocycles. The van der Waals surface area contributed by atoms with Gasteiger partial charge >= 0.3 is 198 Å². The van der Waals surface area contributed by atoms with Crippen LogP contribution in [0.4, 0.5) is 0 Å². The zero-order valence-corrected chi connectivity index (χ0v) is 23.1. The number of nitrogens with zero attached hydrogens (tertiary/aromatic N) is 3. The van der Waals surface area contributed by atoms with E-state index in [2.05, 4.69) is 97.4 Å². The van der Waals surface area contributed by atoms with E-state index < -0.39 is 13.3 Å². The Morgan fingerprint density at radius 2 is 1.67 bits per heavy atom. The SMILES string of the molecule is Cc1cc2c3cc(C(C)C)ccc3n3c4c[c]([Ge]([CH3])([CH3])[CH3])cc5nc[n+](C)c(c(c1C)c23)c54. The minimum atomic E-state index is -2.08. The van der Waals surface area contributed by atoms with Crippen LogP contribution in [0, 0.1) is 13.8 Å². The van der Waals surface area contributed by atoms with Crippen molar-refractivity contribution in [1.29, 1.82) is 0 Å². The average molecular weight is 495 g/mol. The Balaban J connectivity index is 2.02. The Hall–Kier alpha value is -2.66. The summed E-state index contributed by atoms with van der Waals surface area (Å²) >= 11 is -2.08. The first kappa shape index (κ1) is 20.9. The number of hydrogen-bond acceptors (Lipinski definition) is 1. The summed E-state index contributed by atoms with van der Waals surface area (Å²) in [6.45, 7) is 9.10. The summed E-state index contributed by atoms with van der Waals surface area (Å²) in [7, 11) is 2.14. The predicted molar refractivity (Wildman–Crippen MR) is 144 cm³/mol. The topological polar surface area (TPSA) is 21.2 Å². The number of aryl methyl sites for hydroxylation is 3. The van der Waals surface area contributed by atoms with Crippen molar-refractivity contribution in [2.75, 3.05) is 0 Å². The molecule has 0 saturated heterocycles. The molecule has 0 spiro atoms. The molecule has 3 heterocycles. The molecule has 0 aliphatic heterocycles. The molecule has 0 aliphatic carbocycles. The number of fused-ring (bicyclic) bond motifs is 5. The van der Waals surface area contributed by atoms with Gasteiger partial charge in [-0.05, 0) is 0 Å². The molecular formula is C29H32GeN3+. The summed E-state index contributed by atoms with van der Waals surface area (Å²) in [6.07, 6.45) is 2.00. The molecule has 33 heavy (non-hydrogen) atoms. The molecule has 0 atom stereocenters. The second-order valence-corrected chi connectivity index (χ2v) is 21.9. The summed E-state index contributed by atoms with van der Waals surface area (Å²) < 4.78 is 6.28. The van der Waals surface area contributed by atoms with Gasteiger partial charge in [0.25, 0.3) is 0 Å². The summed E-state index contributed by atoms with van der Waals surface area (Å²) in [5.41, 5.74) is 10.5. The van der Waals surface area contributed by atoms with E-state index in [1.165, 1.54) is 64.7 Å². The van der Waals surface area contributed by atoms with E-state index in [0.717, 1.165) is 5.52 Å². The van der Waals surface area contributed by atoms with Crippen LogP contribution >= 0.6 is 0 Å². The van der Waals surface area contributed by atoms with E-state index in [1.807, 2.05) is 6.33 Å². The van der Waals surface area contributed by atoms with Crippen LogP contribution in [0.25, 0.3) is 49.1 Å². The summed E-state index contributed by atoms with van der Waals surface area (Å²) in [5.74, 6) is 7.92. The van der Waals surface area contributed by atoms with Gasteiger partial charge < -0.3 is 0 Å². The number of aromatic nitrogens is 3. The summed E-state index contributed by atoms with van der Waals surface area (Å²) in [5, 5.41) is 5.37. The first-order valence-electron chi connectivity index (χ1n) is 12.0. The fourth-order valence-electron chi connectivity index (χ4n) is 5.57. The first-order valence-corrected chi connectivity index (χ1v) is 19.3. The maximum absolute atomic E-state index is 4.93. The Bertz CT molecular complexity index is 1750. The Morgan fingerprint density at radius 1 is 0.909 bits per heavy atom. The predicted octanol–water partition coefficient (Wildman–Crippen LogP) is 6.49. The third kappa shape index (κ3) is 2.75. The molecule has 0 aliphatic rings. The van der Waals surface area contributed by atoms with Gasteiger partial charge in [0.1, 0.15) is 0 Å². The van der Waals surface area contributed by atoms with Crippen LogP contribution in [0.3, 0.4) is 0 Å². The van der Waals surface area contributed by atoms with Gasteiger partial charge in [0, 0.05) is 0 Å². The van der Waals surface area contributed by atoms with Gasteiger partial charge in [-0.1, -0.05) is 0 Å². The van der Waals surface area contributed by atoms with Gasteiger partial charge in [-0.25, -0.2) is 0 Å². The molecule has 3 nitrogen and oxygen atoms in total. The fourth-order valence-corrected chi connectivity index (χ4v) is 7.96. The van der Waals surface area contributed by atoms with E-state index in [-0.39, 0.29) is 0 Å². The molecule has 0 fully saturated rings. The van der Waals surface area contributed by atoms with Crippen LogP contribution in [-0.4, -0.2) is 22.7 Å². The van der Waals surface area contributed by atoms with Crippen LogP contribution in [0.2, 0.25) is 17.3 Å². The molecular weight excluding hydrogens is 463 g/mol. The van der Waals surface area contributed by atoms with Crippen molar-refractivity contribution in [3.63, 3.8) is 0 Å². The Kier molecular flexibility index (Phi) is 4.24. The van der Waals surface area contributed by atoms with Crippen LogP contribution in [0.1, 0.15) is 36.5 Å². The standard InChI is InChI=1S/C29H32GeN3/c1-16(2)19-9-10-24-21(12-19)22-11-17(3)18(4)26-28(22)33(24)25-14-20(30(5,6)7)13-23-27(25)29(26)32(8)15-31-23/h9-16H,1-8H3/q+1. The normalized spacial score (nSPS) is 13.1. The van der Waals surface area contributed by atoms with Crippen molar-refractivity contribution >= 4 is 66.8 Å². The molecule has 0 amide bonds. The molecule has 0 saturated carbocycles. The van der Waals surface area contributed by atoms with Crippen molar-refractivity contribution in [3.05, 3.63) is 59.4 Å². The molecule has 0 radical (unpaired) electrons. The molecule has 6 aromatic rings. The zero-order chi connectivity index (χ0) is 23.4. The molecule has 0 bridgehead atoms. The van der Waals surface area contributed by atoms with E-state index in [0.29, 0.717) is 5.92 Å². The van der Waals surface area contributed by atoms with Gasteiger partial charge in [-0.2, -0.15) is 0 Å². The van der Waals surface area contributed by atoms with Gasteiger partial charge in [0.2, 0.25) is 0 Å². The molecule has 0 unspecified atom stereocenters. The molecule has 6 rings (SSSR count). The number of benzene rings is 3. The van der Waals surface area contributed by atoms with E-state index in [1.54, 1.807) is 0 Å². The van der Waals surface area contributed by atoms with Crippen LogP contribution < -0.4 is 8.96 Å². The van der Waals surface area contributed by atoms with Crippen LogP contribution in [-0.2, 0) is 7.05 Å². The Labute approximate surface area is 197 Å². The molecule has 0 N–H and O–H groups in total. The summed E-state index contributed by atoms with van der Waals surface area (Å²) in [6, 6.07) is 14.4. The van der Waals surface area contributed by atoms with E-state index in [4.69, 9.17) is 4.98 Å². The van der Waals surface area contributed by atoms with Crippen LogP contribution in [0.15, 0.2) is 42.7 Å². The van der Waals surface area contributed by atoms with Gasteiger partial charge in [0.15, 0.2) is 0 Å². The monoisotopic (exact) mass is 496 g/mol. The third-order valence-corrected chi connectivity index (χ3v) is 11.9. The van der Waals surface area contributed by atoms with Crippen molar-refractivity contribution in [2.24, 2.45) is 7.05 Å². The van der Waals surface area contributed by atoms with Crippen molar-refractivity contribution in [2.45, 2.75) is 50.9 Å². The Morgan fingerprint density at radius 3 is 2.36 bits per heavy atom. The first-order chi connectivity index (χ1) is 15.6. The van der Waals surface area contributed by atoms with Gasteiger partial charge in [-0.3, -0.25) is 0 Å². The fraction of sp³-hybridized carbons (Fsp3) is 0.310. The van der Waals surface area contributed by atoms with Gasteiger partial charge in [0.05, 0.1) is 0 Å². The quantitative estimate of drug-likeness (QED) is 0.116. The van der Waals surface area contributed by atoms with E-state index >= 15 is 0 Å². The van der Waals surface area contributed by atoms with Crippen molar-refractivity contribution < 1.29 is 4.57 Å².